The number of anilines is 1. The first-order chi connectivity index (χ1) is 7.72. The van der Waals surface area contributed by atoms with Crippen molar-refractivity contribution >= 4 is 23.5 Å². The molecule has 1 heterocycles. The Morgan fingerprint density at radius 1 is 1.50 bits per heavy atom. The van der Waals surface area contributed by atoms with Crippen molar-refractivity contribution in [2.45, 2.75) is 25.8 Å². The number of rotatable bonds is 2. The fourth-order valence-corrected chi connectivity index (χ4v) is 2.00. The molecule has 0 bridgehead atoms. The van der Waals surface area contributed by atoms with Crippen molar-refractivity contribution in [1.82, 2.24) is 0 Å². The molecule has 0 spiro atoms. The minimum atomic E-state index is 0.413. The Balaban J connectivity index is 2.32. The van der Waals surface area contributed by atoms with E-state index in [9.17, 15) is 0 Å². The molecule has 1 aliphatic heterocycles. The quantitative estimate of drug-likeness (QED) is 0.790. The average molecular weight is 239 g/mol. The fourth-order valence-electron chi connectivity index (χ4n) is 1.81. The van der Waals surface area contributed by atoms with Gasteiger partial charge in [-0.3, -0.25) is 5.01 Å². The van der Waals surface area contributed by atoms with Crippen LogP contribution in [0, 0.1) is 0 Å². The maximum Gasteiger partial charge on any atom is 0.139 e. The summed E-state index contributed by atoms with van der Waals surface area (Å²) >= 11 is 5.99. The second-order valence-corrected chi connectivity index (χ2v) is 4.30. The first-order valence-electron chi connectivity index (χ1n) is 5.37. The summed E-state index contributed by atoms with van der Waals surface area (Å²) in [6.07, 6.45) is 4.11. The van der Waals surface area contributed by atoms with Gasteiger partial charge in [0.2, 0.25) is 0 Å². The number of ether oxygens (including phenoxy) is 1. The zero-order valence-corrected chi connectivity index (χ0v) is 10.2. The number of nitrogens with zero attached hydrogens (tertiary/aromatic N) is 2. The average Bonchev–Trinajstić information content (AvgIpc) is 2.31. The highest BCUT2D eigenvalue weighted by atomic mass is 35.5. The van der Waals surface area contributed by atoms with E-state index in [-0.39, 0.29) is 0 Å². The fraction of sp³-hybridized carbons (Fsp3) is 0.417. The van der Waals surface area contributed by atoms with Gasteiger partial charge in [0.05, 0.1) is 23.9 Å². The van der Waals surface area contributed by atoms with Gasteiger partial charge >= 0.3 is 0 Å². The maximum absolute atomic E-state index is 5.99. The van der Waals surface area contributed by atoms with Gasteiger partial charge in [-0.15, -0.1) is 0 Å². The molecule has 1 atom stereocenters. The van der Waals surface area contributed by atoms with Gasteiger partial charge in [0.1, 0.15) is 5.75 Å². The second kappa shape index (κ2) is 4.74. The topological polar surface area (TPSA) is 24.8 Å². The lowest BCUT2D eigenvalue weighted by Gasteiger charge is -2.29. The molecular formula is C12H15ClN2O. The minimum absolute atomic E-state index is 0.413. The third kappa shape index (κ3) is 2.14. The van der Waals surface area contributed by atoms with Crippen molar-refractivity contribution in [3.63, 3.8) is 0 Å². The van der Waals surface area contributed by atoms with Gasteiger partial charge in [-0.1, -0.05) is 11.6 Å². The van der Waals surface area contributed by atoms with E-state index in [1.807, 2.05) is 29.4 Å². The van der Waals surface area contributed by atoms with E-state index in [1.165, 1.54) is 0 Å². The van der Waals surface area contributed by atoms with E-state index in [4.69, 9.17) is 16.3 Å². The van der Waals surface area contributed by atoms with Crippen molar-refractivity contribution in [2.24, 2.45) is 5.10 Å². The Hall–Kier alpha value is -1.22. The van der Waals surface area contributed by atoms with Gasteiger partial charge in [-0.05, 0) is 31.9 Å². The molecule has 1 unspecified atom stereocenters. The Morgan fingerprint density at radius 2 is 2.31 bits per heavy atom. The number of hydrazone groups is 1. The molecule has 1 aromatic rings. The summed E-state index contributed by atoms with van der Waals surface area (Å²) in [6.45, 7) is 2.16. The van der Waals surface area contributed by atoms with Crippen LogP contribution in [0.2, 0.25) is 5.02 Å². The molecular weight excluding hydrogens is 224 g/mol. The third-order valence-electron chi connectivity index (χ3n) is 2.74. The van der Waals surface area contributed by atoms with Crippen molar-refractivity contribution in [3.05, 3.63) is 23.2 Å². The van der Waals surface area contributed by atoms with E-state index >= 15 is 0 Å². The lowest BCUT2D eigenvalue weighted by Crippen LogP contribution is -2.30. The molecule has 1 aromatic carbocycles. The third-order valence-corrected chi connectivity index (χ3v) is 3.05. The lowest BCUT2D eigenvalue weighted by atomic mass is 10.1. The summed E-state index contributed by atoms with van der Waals surface area (Å²) in [5.74, 6) is 0.687. The van der Waals surface area contributed by atoms with Crippen LogP contribution < -0.4 is 9.75 Å². The summed E-state index contributed by atoms with van der Waals surface area (Å²) in [7, 11) is 1.62. The molecule has 16 heavy (non-hydrogen) atoms. The number of benzene rings is 1. The highest BCUT2D eigenvalue weighted by molar-refractivity contribution is 6.32. The standard InChI is InChI=1S/C12H15ClN2O/c1-9-4-3-7-14-15(9)10-5-6-11(13)12(8-10)16-2/h5-9H,3-4H2,1-2H3. The van der Waals surface area contributed by atoms with Crippen LogP contribution in [0.5, 0.6) is 5.75 Å². The molecule has 0 radical (unpaired) electrons. The molecule has 4 heteroatoms. The highest BCUT2D eigenvalue weighted by Gasteiger charge is 2.17. The van der Waals surface area contributed by atoms with Crippen molar-refractivity contribution < 1.29 is 4.74 Å². The Kier molecular flexibility index (Phi) is 3.34. The van der Waals surface area contributed by atoms with Crippen LogP contribution in [0.15, 0.2) is 23.3 Å². The summed E-state index contributed by atoms with van der Waals surface area (Å²) < 4.78 is 5.20. The molecule has 0 N–H and O–H groups in total. The van der Waals surface area contributed by atoms with Crippen molar-refractivity contribution in [2.75, 3.05) is 12.1 Å². The van der Waals surface area contributed by atoms with Gasteiger partial charge in [0.15, 0.2) is 0 Å². The SMILES string of the molecule is COc1cc(N2N=CCCC2C)ccc1Cl. The zero-order chi connectivity index (χ0) is 11.5. The van der Waals surface area contributed by atoms with E-state index in [2.05, 4.69) is 12.0 Å². The molecule has 0 saturated carbocycles. The van der Waals surface area contributed by atoms with Crippen molar-refractivity contribution in [1.29, 1.82) is 0 Å². The normalized spacial score (nSPS) is 19.9. The first-order valence-corrected chi connectivity index (χ1v) is 5.75. The van der Waals surface area contributed by atoms with Gasteiger partial charge in [-0.25, -0.2) is 0 Å². The number of methoxy groups -OCH3 is 1. The van der Waals surface area contributed by atoms with Crippen LogP contribution >= 0.6 is 11.6 Å². The molecule has 2 rings (SSSR count). The van der Waals surface area contributed by atoms with Crippen molar-refractivity contribution in [3.8, 4) is 5.75 Å². The molecule has 3 nitrogen and oxygen atoms in total. The largest absolute Gasteiger partial charge is 0.495 e. The Morgan fingerprint density at radius 3 is 3.00 bits per heavy atom. The van der Waals surface area contributed by atoms with E-state index in [0.29, 0.717) is 16.8 Å². The number of hydrogen-bond donors (Lipinski definition) is 0. The van der Waals surface area contributed by atoms with Crippen LogP contribution in [0.4, 0.5) is 5.69 Å². The Bertz CT molecular complexity index is 406. The predicted molar refractivity (Wildman–Crippen MR) is 67.7 cm³/mol. The molecule has 0 aromatic heterocycles. The number of hydrogen-bond acceptors (Lipinski definition) is 3. The van der Waals surface area contributed by atoms with Crippen LogP contribution in [0.1, 0.15) is 19.8 Å². The summed E-state index contributed by atoms with van der Waals surface area (Å²) in [5.41, 5.74) is 1.02. The molecule has 0 aliphatic carbocycles. The van der Waals surface area contributed by atoms with Gasteiger partial charge in [-0.2, -0.15) is 5.10 Å². The summed E-state index contributed by atoms with van der Waals surface area (Å²) in [4.78, 5) is 0. The monoisotopic (exact) mass is 238 g/mol. The second-order valence-electron chi connectivity index (χ2n) is 3.89. The van der Waals surface area contributed by atoms with E-state index < -0.39 is 0 Å². The number of halogens is 1. The van der Waals surface area contributed by atoms with E-state index in [1.54, 1.807) is 7.11 Å². The molecule has 86 valence electrons. The highest BCUT2D eigenvalue weighted by Crippen LogP contribution is 2.31. The first kappa shape index (κ1) is 11.3. The zero-order valence-electron chi connectivity index (χ0n) is 9.48. The van der Waals surface area contributed by atoms with Gasteiger partial charge in [0, 0.05) is 12.3 Å². The Labute approximate surface area is 101 Å². The molecule has 0 amide bonds. The maximum atomic E-state index is 5.99. The molecule has 0 fully saturated rings. The van der Waals surface area contributed by atoms with Crippen LogP contribution in [0.25, 0.3) is 0 Å². The summed E-state index contributed by atoms with van der Waals surface area (Å²) in [5, 5.41) is 7.02. The molecule has 1 aliphatic rings. The predicted octanol–water partition coefficient (Wildman–Crippen LogP) is 3.32. The van der Waals surface area contributed by atoms with E-state index in [0.717, 1.165) is 18.5 Å². The van der Waals surface area contributed by atoms with Gasteiger partial charge < -0.3 is 4.74 Å². The van der Waals surface area contributed by atoms with Crippen LogP contribution in [-0.4, -0.2) is 19.4 Å². The van der Waals surface area contributed by atoms with Crippen LogP contribution in [0.3, 0.4) is 0 Å². The molecule has 0 saturated heterocycles. The van der Waals surface area contributed by atoms with Crippen LogP contribution in [-0.2, 0) is 0 Å². The summed E-state index contributed by atoms with van der Waals surface area (Å²) in [6, 6.07) is 6.13. The van der Waals surface area contributed by atoms with Gasteiger partial charge in [0.25, 0.3) is 0 Å². The smallest absolute Gasteiger partial charge is 0.139 e. The minimum Gasteiger partial charge on any atom is -0.495 e. The lowest BCUT2D eigenvalue weighted by molar-refractivity contribution is 0.415.